The van der Waals surface area contributed by atoms with E-state index in [1.807, 2.05) is 19.1 Å². The molecule has 0 atom stereocenters. The third-order valence-corrected chi connectivity index (χ3v) is 6.05. The van der Waals surface area contributed by atoms with Crippen molar-refractivity contribution >= 4 is 39.9 Å². The molecule has 4 aromatic heterocycles. The van der Waals surface area contributed by atoms with Crippen molar-refractivity contribution < 1.29 is 18.4 Å². The highest BCUT2D eigenvalue weighted by Crippen LogP contribution is 2.16. The standard InChI is InChI=1S/C22H17FN6O4S/c1-11-2-4-13(34-11)9-25-21(31)17-7-16(27-19-14(23)10-26-29(17)19)20(30)24-8-12-3-5-18-15(6-12)28-22(32)33-18/h2-7,10H,8-9H2,1H3,(H,24,30)(H,25,31)(H,28,32). The molecule has 0 bridgehead atoms. The predicted octanol–water partition coefficient (Wildman–Crippen LogP) is 2.53. The van der Waals surface area contributed by atoms with Gasteiger partial charge in [0.2, 0.25) is 0 Å². The van der Waals surface area contributed by atoms with Gasteiger partial charge in [-0.05, 0) is 36.8 Å². The van der Waals surface area contributed by atoms with Gasteiger partial charge in [0.05, 0.1) is 18.3 Å². The number of aromatic nitrogens is 4. The predicted molar refractivity (Wildman–Crippen MR) is 121 cm³/mol. The Labute approximate surface area is 194 Å². The van der Waals surface area contributed by atoms with Crippen LogP contribution < -0.4 is 16.4 Å². The zero-order chi connectivity index (χ0) is 23.8. The fourth-order valence-corrected chi connectivity index (χ4v) is 4.26. The SMILES string of the molecule is Cc1ccc(CNC(=O)c2cc(C(=O)NCc3ccc4oc(=O)[nH]c4c3)nc3c(F)cnn23)s1. The molecule has 5 rings (SSSR count). The normalized spacial score (nSPS) is 11.2. The van der Waals surface area contributed by atoms with Crippen LogP contribution >= 0.6 is 11.3 Å². The van der Waals surface area contributed by atoms with Crippen LogP contribution in [0.3, 0.4) is 0 Å². The van der Waals surface area contributed by atoms with Crippen LogP contribution in [0.25, 0.3) is 16.7 Å². The van der Waals surface area contributed by atoms with E-state index in [4.69, 9.17) is 4.42 Å². The first-order chi connectivity index (χ1) is 16.4. The highest BCUT2D eigenvalue weighted by molar-refractivity contribution is 7.11. The number of nitrogens with one attached hydrogen (secondary N) is 3. The maximum absolute atomic E-state index is 14.2. The molecular weight excluding hydrogens is 463 g/mol. The minimum absolute atomic E-state index is 0.0234. The Morgan fingerprint density at radius 2 is 1.97 bits per heavy atom. The van der Waals surface area contributed by atoms with Gasteiger partial charge in [0.15, 0.2) is 17.0 Å². The van der Waals surface area contributed by atoms with E-state index in [9.17, 15) is 18.8 Å². The lowest BCUT2D eigenvalue weighted by Gasteiger charge is -2.09. The second-order valence-electron chi connectivity index (χ2n) is 7.48. The minimum Gasteiger partial charge on any atom is -0.408 e. The number of rotatable bonds is 6. The molecule has 3 N–H and O–H groups in total. The van der Waals surface area contributed by atoms with Gasteiger partial charge in [-0.3, -0.25) is 14.6 Å². The zero-order valence-electron chi connectivity index (χ0n) is 17.7. The number of benzene rings is 1. The van der Waals surface area contributed by atoms with Crippen molar-refractivity contribution in [1.29, 1.82) is 0 Å². The quantitative estimate of drug-likeness (QED) is 0.342. The Hall–Kier alpha value is -4.32. The maximum Gasteiger partial charge on any atom is 0.417 e. The summed E-state index contributed by atoms with van der Waals surface area (Å²) in [6.07, 6.45) is 0.935. The van der Waals surface area contributed by atoms with Crippen molar-refractivity contribution in [1.82, 2.24) is 30.2 Å². The van der Waals surface area contributed by atoms with Crippen molar-refractivity contribution in [3.05, 3.63) is 85.7 Å². The zero-order valence-corrected chi connectivity index (χ0v) is 18.5. The molecule has 0 saturated carbocycles. The molecule has 172 valence electrons. The van der Waals surface area contributed by atoms with Crippen molar-refractivity contribution in [2.75, 3.05) is 0 Å². The number of aromatic amines is 1. The van der Waals surface area contributed by atoms with E-state index in [-0.39, 0.29) is 30.1 Å². The van der Waals surface area contributed by atoms with Crippen LogP contribution in [0.1, 0.15) is 36.3 Å². The summed E-state index contributed by atoms with van der Waals surface area (Å²) in [6.45, 7) is 2.35. The average molecular weight is 480 g/mol. The first kappa shape index (κ1) is 21.5. The molecule has 4 heterocycles. The number of amides is 2. The van der Waals surface area contributed by atoms with Crippen LogP contribution in [0.5, 0.6) is 0 Å². The fraction of sp³-hybridized carbons (Fsp3) is 0.136. The molecule has 5 aromatic rings. The number of aryl methyl sites for hydroxylation is 1. The van der Waals surface area contributed by atoms with Crippen molar-refractivity contribution in [2.24, 2.45) is 0 Å². The summed E-state index contributed by atoms with van der Waals surface area (Å²) in [5, 5.41) is 9.32. The summed E-state index contributed by atoms with van der Waals surface area (Å²) in [4.78, 5) is 45.6. The fourth-order valence-electron chi connectivity index (χ4n) is 3.43. The van der Waals surface area contributed by atoms with Gasteiger partial charge >= 0.3 is 5.76 Å². The van der Waals surface area contributed by atoms with Crippen molar-refractivity contribution in [2.45, 2.75) is 20.0 Å². The third-order valence-electron chi connectivity index (χ3n) is 5.05. The molecule has 0 spiro atoms. The number of oxazole rings is 1. The average Bonchev–Trinajstić information content (AvgIpc) is 3.52. The Kier molecular flexibility index (Phi) is 5.42. The lowest BCUT2D eigenvalue weighted by atomic mass is 10.2. The van der Waals surface area contributed by atoms with Gasteiger partial charge in [-0.25, -0.2) is 18.7 Å². The maximum atomic E-state index is 14.2. The largest absolute Gasteiger partial charge is 0.417 e. The van der Waals surface area contributed by atoms with E-state index in [0.29, 0.717) is 16.7 Å². The molecule has 2 amide bonds. The molecule has 0 fully saturated rings. The summed E-state index contributed by atoms with van der Waals surface area (Å²) in [5.41, 5.74) is 1.20. The third kappa shape index (κ3) is 4.18. The van der Waals surface area contributed by atoms with E-state index in [2.05, 4.69) is 25.7 Å². The van der Waals surface area contributed by atoms with Gasteiger partial charge in [-0.15, -0.1) is 11.3 Å². The van der Waals surface area contributed by atoms with E-state index in [1.54, 1.807) is 29.5 Å². The summed E-state index contributed by atoms with van der Waals surface area (Å²) in [7, 11) is 0. The first-order valence-corrected chi connectivity index (χ1v) is 11.0. The molecule has 0 unspecified atom stereocenters. The Morgan fingerprint density at radius 3 is 2.76 bits per heavy atom. The summed E-state index contributed by atoms with van der Waals surface area (Å²) < 4.78 is 20.3. The number of carbonyl (C=O) groups excluding carboxylic acids is 2. The van der Waals surface area contributed by atoms with E-state index < -0.39 is 23.4 Å². The number of hydrogen-bond donors (Lipinski definition) is 3. The van der Waals surface area contributed by atoms with Crippen LogP contribution in [0.2, 0.25) is 0 Å². The summed E-state index contributed by atoms with van der Waals surface area (Å²) in [5.74, 6) is -2.46. The molecule has 0 aliphatic rings. The lowest BCUT2D eigenvalue weighted by molar-refractivity contribution is 0.0943. The lowest BCUT2D eigenvalue weighted by Crippen LogP contribution is -2.28. The molecular formula is C22H17FN6O4S. The number of H-pyrrole nitrogens is 1. The number of nitrogens with zero attached hydrogens (tertiary/aromatic N) is 3. The molecule has 12 heteroatoms. The summed E-state index contributed by atoms with van der Waals surface area (Å²) in [6, 6.07) is 10.1. The number of hydrogen-bond acceptors (Lipinski definition) is 7. The molecule has 10 nitrogen and oxygen atoms in total. The highest BCUT2D eigenvalue weighted by Gasteiger charge is 2.20. The van der Waals surface area contributed by atoms with E-state index in [0.717, 1.165) is 20.5 Å². The number of fused-ring (bicyclic) bond motifs is 2. The van der Waals surface area contributed by atoms with E-state index in [1.165, 1.54) is 6.07 Å². The van der Waals surface area contributed by atoms with Gasteiger partial charge in [0.1, 0.15) is 11.4 Å². The van der Waals surface area contributed by atoms with Crippen LogP contribution in [0, 0.1) is 12.7 Å². The second-order valence-corrected chi connectivity index (χ2v) is 8.85. The molecule has 0 aliphatic carbocycles. The van der Waals surface area contributed by atoms with Gasteiger partial charge in [-0.1, -0.05) is 6.07 Å². The monoisotopic (exact) mass is 480 g/mol. The van der Waals surface area contributed by atoms with Crippen LogP contribution in [0.15, 0.2) is 51.8 Å². The van der Waals surface area contributed by atoms with Gasteiger partial charge in [-0.2, -0.15) is 5.10 Å². The van der Waals surface area contributed by atoms with Gasteiger partial charge in [0.25, 0.3) is 11.8 Å². The second kappa shape index (κ2) is 8.56. The highest BCUT2D eigenvalue weighted by atomic mass is 32.1. The van der Waals surface area contributed by atoms with Crippen molar-refractivity contribution in [3.63, 3.8) is 0 Å². The Bertz CT molecular complexity index is 1610. The minimum atomic E-state index is -0.757. The Balaban J connectivity index is 1.37. The van der Waals surface area contributed by atoms with Gasteiger partial charge < -0.3 is 15.1 Å². The van der Waals surface area contributed by atoms with Crippen molar-refractivity contribution in [3.8, 4) is 0 Å². The van der Waals surface area contributed by atoms with Crippen LogP contribution in [-0.4, -0.2) is 31.4 Å². The molecule has 0 saturated heterocycles. The van der Waals surface area contributed by atoms with Crippen LogP contribution in [-0.2, 0) is 13.1 Å². The number of carbonyl (C=O) groups is 2. The van der Waals surface area contributed by atoms with E-state index >= 15 is 0 Å². The Morgan fingerprint density at radius 1 is 1.15 bits per heavy atom. The molecule has 0 aliphatic heterocycles. The van der Waals surface area contributed by atoms with Gasteiger partial charge in [0, 0.05) is 22.4 Å². The van der Waals surface area contributed by atoms with Crippen LogP contribution in [0.4, 0.5) is 4.39 Å². The molecule has 0 radical (unpaired) electrons. The first-order valence-electron chi connectivity index (χ1n) is 10.1. The molecule has 34 heavy (non-hydrogen) atoms. The number of halogens is 1. The number of thiophene rings is 1. The molecule has 1 aromatic carbocycles. The summed E-state index contributed by atoms with van der Waals surface area (Å²) >= 11 is 1.55. The topological polar surface area (TPSA) is 134 Å². The smallest absolute Gasteiger partial charge is 0.408 e.